The van der Waals surface area contributed by atoms with Crippen LogP contribution in [0.1, 0.15) is 19.8 Å². The van der Waals surface area contributed by atoms with Crippen molar-refractivity contribution in [1.82, 2.24) is 4.98 Å². The van der Waals surface area contributed by atoms with Gasteiger partial charge in [-0.05, 0) is 56.2 Å². The third-order valence-electron chi connectivity index (χ3n) is 4.85. The van der Waals surface area contributed by atoms with Gasteiger partial charge < -0.3 is 15.4 Å². The molecular formula is C23H23N3O3S2. The summed E-state index contributed by atoms with van der Waals surface area (Å²) in [5, 5.41) is 8.00. The summed E-state index contributed by atoms with van der Waals surface area (Å²) in [6.07, 6.45) is 1.96. The van der Waals surface area contributed by atoms with E-state index >= 15 is 0 Å². The van der Waals surface area contributed by atoms with Crippen molar-refractivity contribution in [1.29, 1.82) is 0 Å². The average Bonchev–Trinajstić information content (AvgIpc) is 3.54. The van der Waals surface area contributed by atoms with Gasteiger partial charge in [0.1, 0.15) is 5.75 Å². The maximum absolute atomic E-state index is 12.6. The second-order valence-electron chi connectivity index (χ2n) is 7.31. The molecule has 1 atom stereocenters. The van der Waals surface area contributed by atoms with Crippen molar-refractivity contribution in [3.63, 3.8) is 0 Å². The Morgan fingerprint density at radius 2 is 1.94 bits per heavy atom. The predicted molar refractivity (Wildman–Crippen MR) is 126 cm³/mol. The molecule has 6 nitrogen and oxygen atoms in total. The number of hydrogen-bond acceptors (Lipinski definition) is 6. The molecule has 1 aliphatic rings. The monoisotopic (exact) mass is 453 g/mol. The lowest BCUT2D eigenvalue weighted by atomic mass is 10.2. The third-order valence-corrected chi connectivity index (χ3v) is 6.72. The third kappa shape index (κ3) is 5.65. The molecule has 1 fully saturated rings. The lowest BCUT2D eigenvalue weighted by Gasteiger charge is -2.11. The number of anilines is 2. The first kappa shape index (κ1) is 21.4. The minimum Gasteiger partial charge on any atom is -0.497 e. The summed E-state index contributed by atoms with van der Waals surface area (Å²) >= 11 is 2.85. The smallest absolute Gasteiger partial charge is 0.239 e. The van der Waals surface area contributed by atoms with Crippen molar-refractivity contribution in [2.75, 3.05) is 17.7 Å². The molecule has 1 aliphatic carbocycles. The average molecular weight is 454 g/mol. The SMILES string of the molecule is COc1cccc(-c2csc(NC(=O)C(C)Sc3ccc(NC(=O)C4CC4)cc3)n2)c1. The molecule has 0 radical (unpaired) electrons. The summed E-state index contributed by atoms with van der Waals surface area (Å²) in [4.78, 5) is 29.9. The van der Waals surface area contributed by atoms with Gasteiger partial charge in [0.2, 0.25) is 11.8 Å². The van der Waals surface area contributed by atoms with Gasteiger partial charge in [0.25, 0.3) is 0 Å². The molecule has 2 N–H and O–H groups in total. The summed E-state index contributed by atoms with van der Waals surface area (Å²) < 4.78 is 5.26. The van der Waals surface area contributed by atoms with Crippen LogP contribution in [0.15, 0.2) is 58.8 Å². The molecule has 0 saturated heterocycles. The Morgan fingerprint density at radius 1 is 1.16 bits per heavy atom. The van der Waals surface area contributed by atoms with Crippen LogP contribution in [0.5, 0.6) is 5.75 Å². The molecule has 1 heterocycles. The Hall–Kier alpha value is -2.84. The number of thioether (sulfide) groups is 1. The zero-order valence-electron chi connectivity index (χ0n) is 17.3. The van der Waals surface area contributed by atoms with Crippen molar-refractivity contribution >= 4 is 45.7 Å². The molecule has 1 saturated carbocycles. The van der Waals surface area contributed by atoms with E-state index < -0.39 is 0 Å². The quantitative estimate of drug-likeness (QED) is 0.453. The van der Waals surface area contributed by atoms with E-state index in [9.17, 15) is 9.59 Å². The molecule has 31 heavy (non-hydrogen) atoms. The van der Waals surface area contributed by atoms with E-state index in [1.54, 1.807) is 7.11 Å². The molecule has 2 amide bonds. The minimum atomic E-state index is -0.295. The van der Waals surface area contributed by atoms with E-state index in [0.717, 1.165) is 40.4 Å². The molecule has 0 spiro atoms. The van der Waals surface area contributed by atoms with Gasteiger partial charge in [-0.1, -0.05) is 12.1 Å². The van der Waals surface area contributed by atoms with E-state index in [1.807, 2.05) is 60.8 Å². The van der Waals surface area contributed by atoms with Gasteiger partial charge in [-0.25, -0.2) is 4.98 Å². The first-order valence-electron chi connectivity index (χ1n) is 10.0. The number of rotatable bonds is 8. The van der Waals surface area contributed by atoms with Gasteiger partial charge in [0.05, 0.1) is 18.1 Å². The fourth-order valence-corrected chi connectivity index (χ4v) is 4.51. The Labute approximate surface area is 189 Å². The van der Waals surface area contributed by atoms with Crippen molar-refractivity contribution in [2.24, 2.45) is 5.92 Å². The molecule has 4 rings (SSSR count). The second-order valence-corrected chi connectivity index (χ2v) is 9.58. The topological polar surface area (TPSA) is 80.3 Å². The number of nitrogens with zero attached hydrogens (tertiary/aromatic N) is 1. The number of benzene rings is 2. The second kappa shape index (κ2) is 9.53. The van der Waals surface area contributed by atoms with E-state index in [-0.39, 0.29) is 23.0 Å². The highest BCUT2D eigenvalue weighted by molar-refractivity contribution is 8.00. The molecule has 2 aromatic carbocycles. The van der Waals surface area contributed by atoms with Gasteiger partial charge in [0, 0.05) is 27.4 Å². The summed E-state index contributed by atoms with van der Waals surface area (Å²) in [7, 11) is 1.63. The highest BCUT2D eigenvalue weighted by atomic mass is 32.2. The predicted octanol–water partition coefficient (Wildman–Crippen LogP) is 5.29. The van der Waals surface area contributed by atoms with Crippen LogP contribution in [0.2, 0.25) is 0 Å². The Bertz CT molecular complexity index is 1080. The van der Waals surface area contributed by atoms with E-state index in [2.05, 4.69) is 15.6 Å². The van der Waals surface area contributed by atoms with Gasteiger partial charge in [-0.15, -0.1) is 23.1 Å². The van der Waals surface area contributed by atoms with Crippen molar-refractivity contribution in [3.8, 4) is 17.0 Å². The van der Waals surface area contributed by atoms with Gasteiger partial charge >= 0.3 is 0 Å². The molecule has 1 unspecified atom stereocenters. The van der Waals surface area contributed by atoms with Crippen LogP contribution < -0.4 is 15.4 Å². The van der Waals surface area contributed by atoms with E-state index in [4.69, 9.17) is 4.74 Å². The molecule has 1 aromatic heterocycles. The fourth-order valence-electron chi connectivity index (χ4n) is 2.92. The number of aromatic nitrogens is 1. The molecule has 3 aromatic rings. The summed E-state index contributed by atoms with van der Waals surface area (Å²) in [5.74, 6) is 0.917. The van der Waals surface area contributed by atoms with Crippen LogP contribution in [0.3, 0.4) is 0 Å². The van der Waals surface area contributed by atoms with Crippen molar-refractivity contribution < 1.29 is 14.3 Å². The van der Waals surface area contributed by atoms with Crippen LogP contribution in [-0.4, -0.2) is 29.2 Å². The number of thiazole rings is 1. The number of hydrogen-bond donors (Lipinski definition) is 2. The van der Waals surface area contributed by atoms with Gasteiger partial charge in [-0.3, -0.25) is 9.59 Å². The van der Waals surface area contributed by atoms with Crippen LogP contribution in [0, 0.1) is 5.92 Å². The maximum atomic E-state index is 12.6. The molecule has 160 valence electrons. The van der Waals surface area contributed by atoms with Crippen molar-refractivity contribution in [3.05, 3.63) is 53.9 Å². The maximum Gasteiger partial charge on any atom is 0.239 e. The zero-order valence-corrected chi connectivity index (χ0v) is 18.9. The molecule has 0 aliphatic heterocycles. The largest absolute Gasteiger partial charge is 0.497 e. The van der Waals surface area contributed by atoms with Crippen molar-refractivity contribution in [2.45, 2.75) is 29.9 Å². The highest BCUT2D eigenvalue weighted by Crippen LogP contribution is 2.31. The fraction of sp³-hybridized carbons (Fsp3) is 0.261. The van der Waals surface area contributed by atoms with Crippen LogP contribution in [-0.2, 0) is 9.59 Å². The highest BCUT2D eigenvalue weighted by Gasteiger charge is 2.29. The lowest BCUT2D eigenvalue weighted by Crippen LogP contribution is -2.22. The summed E-state index contributed by atoms with van der Waals surface area (Å²) in [5.41, 5.74) is 2.52. The standard InChI is InChI=1S/C23H23N3O3S2/c1-14(31-19-10-8-17(9-11-19)24-22(28)15-6-7-15)21(27)26-23-25-20(13-30-23)16-4-3-5-18(12-16)29-2/h3-5,8-15H,6-7H2,1-2H3,(H,24,28)(H,25,26,27). The minimum absolute atomic E-state index is 0.0879. The number of carbonyl (C=O) groups is 2. The van der Waals surface area contributed by atoms with Gasteiger partial charge in [0.15, 0.2) is 5.13 Å². The molecular weight excluding hydrogens is 430 g/mol. The Balaban J connectivity index is 1.32. The molecule has 8 heteroatoms. The van der Waals surface area contributed by atoms with Crippen LogP contribution in [0.25, 0.3) is 11.3 Å². The van der Waals surface area contributed by atoms with E-state index in [1.165, 1.54) is 23.1 Å². The number of methoxy groups -OCH3 is 1. The number of nitrogens with one attached hydrogen (secondary N) is 2. The zero-order chi connectivity index (χ0) is 21.8. The van der Waals surface area contributed by atoms with E-state index in [0.29, 0.717) is 5.13 Å². The summed E-state index contributed by atoms with van der Waals surface area (Å²) in [6, 6.07) is 15.2. The Kier molecular flexibility index (Phi) is 6.58. The Morgan fingerprint density at radius 3 is 2.65 bits per heavy atom. The van der Waals surface area contributed by atoms with Crippen LogP contribution >= 0.6 is 23.1 Å². The number of ether oxygens (including phenoxy) is 1. The first-order valence-corrected chi connectivity index (χ1v) is 11.8. The van der Waals surface area contributed by atoms with Crippen LogP contribution in [0.4, 0.5) is 10.8 Å². The number of carbonyl (C=O) groups excluding carboxylic acids is 2. The number of amides is 2. The lowest BCUT2D eigenvalue weighted by molar-refractivity contribution is -0.117. The van der Waals surface area contributed by atoms with Gasteiger partial charge in [-0.2, -0.15) is 0 Å². The normalized spacial score (nSPS) is 14.0. The summed E-state index contributed by atoms with van der Waals surface area (Å²) in [6.45, 7) is 1.86. The first-order chi connectivity index (χ1) is 15.0. The molecule has 0 bridgehead atoms.